The molecule has 2 atom stereocenters. The zero-order valence-electron chi connectivity index (χ0n) is 13.6. The van der Waals surface area contributed by atoms with Crippen molar-refractivity contribution in [2.75, 3.05) is 26.2 Å². The summed E-state index contributed by atoms with van der Waals surface area (Å²) < 4.78 is 11.7. The van der Waals surface area contributed by atoms with E-state index < -0.39 is 0 Å². The van der Waals surface area contributed by atoms with Crippen LogP contribution in [0.5, 0.6) is 5.75 Å². The molecule has 2 rings (SSSR count). The number of hydrogen-bond acceptors (Lipinski definition) is 3. The Hall–Kier alpha value is -1.03. The molecule has 0 aromatic heterocycles. The number of allylic oxidation sites excluding steroid dienone is 1. The van der Waals surface area contributed by atoms with E-state index in [0.29, 0.717) is 18.8 Å². The van der Waals surface area contributed by atoms with Crippen molar-refractivity contribution < 1.29 is 9.47 Å². The first kappa shape index (κ1) is 17.3. The summed E-state index contributed by atoms with van der Waals surface area (Å²) in [6.07, 6.45) is 4.29. The van der Waals surface area contributed by atoms with Crippen LogP contribution in [0.4, 0.5) is 0 Å². The van der Waals surface area contributed by atoms with Crippen molar-refractivity contribution in [3.8, 4) is 5.75 Å². The molecule has 1 aromatic carbocycles. The number of rotatable bonds is 7. The quantitative estimate of drug-likeness (QED) is 0.560. The van der Waals surface area contributed by atoms with Gasteiger partial charge < -0.3 is 9.47 Å². The Balaban J connectivity index is 1.78. The van der Waals surface area contributed by atoms with Crippen LogP contribution >= 0.6 is 11.6 Å². The van der Waals surface area contributed by atoms with E-state index in [4.69, 9.17) is 21.1 Å². The highest BCUT2D eigenvalue weighted by molar-refractivity contribution is 6.30. The average Bonchev–Trinajstić information content (AvgIpc) is 2.45. The molecule has 22 heavy (non-hydrogen) atoms. The van der Waals surface area contributed by atoms with Crippen molar-refractivity contribution in [1.29, 1.82) is 0 Å². The monoisotopic (exact) mass is 323 g/mol. The van der Waals surface area contributed by atoms with Crippen LogP contribution in [-0.4, -0.2) is 43.3 Å². The van der Waals surface area contributed by atoms with Gasteiger partial charge in [0.2, 0.25) is 0 Å². The van der Waals surface area contributed by atoms with Crippen LogP contribution in [0.3, 0.4) is 0 Å². The Labute approximate surface area is 138 Å². The average molecular weight is 324 g/mol. The minimum absolute atomic E-state index is 0.320. The summed E-state index contributed by atoms with van der Waals surface area (Å²) in [6.45, 7) is 11.8. The molecule has 1 aliphatic rings. The molecule has 1 saturated heterocycles. The van der Waals surface area contributed by atoms with Crippen LogP contribution < -0.4 is 4.74 Å². The van der Waals surface area contributed by atoms with Gasteiger partial charge in [-0.25, -0.2) is 0 Å². The Kier molecular flexibility index (Phi) is 6.74. The third-order valence-corrected chi connectivity index (χ3v) is 3.99. The van der Waals surface area contributed by atoms with E-state index >= 15 is 0 Å². The molecule has 0 N–H and O–H groups in total. The third kappa shape index (κ3) is 5.31. The number of nitrogens with zero attached hydrogens (tertiary/aromatic N) is 1. The van der Waals surface area contributed by atoms with Gasteiger partial charge in [-0.15, -0.1) is 6.58 Å². The minimum atomic E-state index is 0.320. The van der Waals surface area contributed by atoms with E-state index in [1.165, 1.54) is 0 Å². The molecule has 1 fully saturated rings. The Morgan fingerprint density at radius 3 is 2.77 bits per heavy atom. The van der Waals surface area contributed by atoms with Gasteiger partial charge in [-0.3, -0.25) is 4.90 Å². The smallest absolute Gasteiger partial charge is 0.122 e. The maximum Gasteiger partial charge on any atom is 0.122 e. The molecule has 0 amide bonds. The largest absolute Gasteiger partial charge is 0.493 e. The first-order valence-corrected chi connectivity index (χ1v) is 8.36. The highest BCUT2D eigenvalue weighted by atomic mass is 35.5. The lowest BCUT2D eigenvalue weighted by Gasteiger charge is -2.35. The maximum atomic E-state index is 6.03. The standard InChI is InChI=1S/C18H26ClNO2/c1-4-6-16-11-17(19)7-8-18(16)21-10-5-9-20-12-14(2)22-15(3)13-20/h4,7-8,11,14-15H,1,5-6,9-10,12-13H2,2-3H3/t14-,15-/m0/s1. The zero-order chi connectivity index (χ0) is 15.9. The predicted octanol–water partition coefficient (Wildman–Crippen LogP) is 3.95. The molecule has 0 aliphatic carbocycles. The van der Waals surface area contributed by atoms with Crippen molar-refractivity contribution >= 4 is 11.6 Å². The fourth-order valence-corrected chi connectivity index (χ4v) is 3.14. The summed E-state index contributed by atoms with van der Waals surface area (Å²) in [7, 11) is 0. The second kappa shape index (κ2) is 8.56. The molecular formula is C18H26ClNO2. The fourth-order valence-electron chi connectivity index (χ4n) is 2.94. The van der Waals surface area contributed by atoms with Crippen molar-refractivity contribution in [2.24, 2.45) is 0 Å². The van der Waals surface area contributed by atoms with Gasteiger partial charge in [0.05, 0.1) is 18.8 Å². The van der Waals surface area contributed by atoms with Crippen molar-refractivity contribution in [2.45, 2.75) is 38.9 Å². The number of halogens is 1. The summed E-state index contributed by atoms with van der Waals surface area (Å²) in [5.41, 5.74) is 1.09. The summed E-state index contributed by atoms with van der Waals surface area (Å²) in [5.74, 6) is 0.910. The Morgan fingerprint density at radius 2 is 2.09 bits per heavy atom. The van der Waals surface area contributed by atoms with E-state index in [1.807, 2.05) is 24.3 Å². The minimum Gasteiger partial charge on any atom is -0.493 e. The maximum absolute atomic E-state index is 6.03. The van der Waals surface area contributed by atoms with Crippen LogP contribution in [0.25, 0.3) is 0 Å². The van der Waals surface area contributed by atoms with Gasteiger partial charge in [-0.2, -0.15) is 0 Å². The summed E-state index contributed by atoms with van der Waals surface area (Å²) in [4.78, 5) is 2.45. The molecule has 0 bridgehead atoms. The predicted molar refractivity (Wildman–Crippen MR) is 91.9 cm³/mol. The lowest BCUT2D eigenvalue weighted by atomic mass is 10.1. The lowest BCUT2D eigenvalue weighted by molar-refractivity contribution is -0.0686. The fraction of sp³-hybridized carbons (Fsp3) is 0.556. The van der Waals surface area contributed by atoms with Gasteiger partial charge in [0.15, 0.2) is 0 Å². The van der Waals surface area contributed by atoms with Crippen molar-refractivity contribution in [1.82, 2.24) is 4.90 Å². The molecule has 0 radical (unpaired) electrons. The third-order valence-electron chi connectivity index (χ3n) is 3.76. The molecule has 1 heterocycles. The highest BCUT2D eigenvalue weighted by Gasteiger charge is 2.21. The highest BCUT2D eigenvalue weighted by Crippen LogP contribution is 2.24. The van der Waals surface area contributed by atoms with Gasteiger partial charge in [0, 0.05) is 24.7 Å². The van der Waals surface area contributed by atoms with Crippen LogP contribution in [0.1, 0.15) is 25.8 Å². The molecule has 3 nitrogen and oxygen atoms in total. The molecular weight excluding hydrogens is 298 g/mol. The van der Waals surface area contributed by atoms with Crippen molar-refractivity contribution in [3.63, 3.8) is 0 Å². The normalized spacial score (nSPS) is 22.5. The van der Waals surface area contributed by atoms with Gasteiger partial charge in [0.25, 0.3) is 0 Å². The van der Waals surface area contributed by atoms with Crippen LogP contribution in [0.2, 0.25) is 5.02 Å². The van der Waals surface area contributed by atoms with E-state index in [-0.39, 0.29) is 0 Å². The van der Waals surface area contributed by atoms with Gasteiger partial charge in [0.1, 0.15) is 5.75 Å². The SMILES string of the molecule is C=CCc1cc(Cl)ccc1OCCCN1C[C@H](C)O[C@@H](C)C1. The van der Waals surface area contributed by atoms with E-state index in [2.05, 4.69) is 25.3 Å². The summed E-state index contributed by atoms with van der Waals surface area (Å²) >= 11 is 6.03. The van der Waals surface area contributed by atoms with Crippen LogP contribution in [0, 0.1) is 0 Å². The number of benzene rings is 1. The Bertz CT molecular complexity index is 482. The van der Waals surface area contributed by atoms with Gasteiger partial charge in [-0.1, -0.05) is 17.7 Å². The molecule has 4 heteroatoms. The number of hydrogen-bond donors (Lipinski definition) is 0. The van der Waals surface area contributed by atoms with E-state index in [1.54, 1.807) is 0 Å². The first-order chi connectivity index (χ1) is 10.6. The number of morpholine rings is 1. The zero-order valence-corrected chi connectivity index (χ0v) is 14.3. The van der Waals surface area contributed by atoms with Crippen LogP contribution in [0.15, 0.2) is 30.9 Å². The topological polar surface area (TPSA) is 21.7 Å². The second-order valence-corrected chi connectivity index (χ2v) is 6.40. The second-order valence-electron chi connectivity index (χ2n) is 5.96. The number of ether oxygens (including phenoxy) is 2. The molecule has 0 saturated carbocycles. The van der Waals surface area contributed by atoms with Crippen LogP contribution in [-0.2, 0) is 11.2 Å². The molecule has 1 aromatic rings. The van der Waals surface area contributed by atoms with E-state index in [0.717, 1.165) is 48.8 Å². The molecule has 0 unspecified atom stereocenters. The lowest BCUT2D eigenvalue weighted by Crippen LogP contribution is -2.45. The van der Waals surface area contributed by atoms with Gasteiger partial charge in [-0.05, 0) is 50.5 Å². The van der Waals surface area contributed by atoms with Crippen molar-refractivity contribution in [3.05, 3.63) is 41.4 Å². The Morgan fingerprint density at radius 1 is 1.36 bits per heavy atom. The molecule has 0 spiro atoms. The van der Waals surface area contributed by atoms with E-state index in [9.17, 15) is 0 Å². The summed E-state index contributed by atoms with van der Waals surface area (Å²) in [5, 5.41) is 0.737. The van der Waals surface area contributed by atoms with Gasteiger partial charge >= 0.3 is 0 Å². The molecule has 1 aliphatic heterocycles. The summed E-state index contributed by atoms with van der Waals surface area (Å²) in [6, 6.07) is 5.76. The molecule has 122 valence electrons. The first-order valence-electron chi connectivity index (χ1n) is 7.98.